The van der Waals surface area contributed by atoms with Crippen molar-refractivity contribution in [3.63, 3.8) is 0 Å². The smallest absolute Gasteiger partial charge is 0.135 e. The van der Waals surface area contributed by atoms with Crippen LogP contribution in [-0.4, -0.2) is 29.6 Å². The van der Waals surface area contributed by atoms with Gasteiger partial charge >= 0.3 is 0 Å². The highest BCUT2D eigenvalue weighted by Crippen LogP contribution is 2.33. The predicted molar refractivity (Wildman–Crippen MR) is 68.9 cm³/mol. The Bertz CT molecular complexity index is 560. The van der Waals surface area contributed by atoms with E-state index in [1.165, 1.54) is 12.1 Å². The summed E-state index contributed by atoms with van der Waals surface area (Å²) in [6.45, 7) is 3.84. The van der Waals surface area contributed by atoms with Crippen LogP contribution in [0.1, 0.15) is 25.7 Å². The maximum atomic E-state index is 13.1. The molecule has 0 amide bonds. The Morgan fingerprint density at radius 3 is 2.56 bits per heavy atom. The average Bonchev–Trinajstić information content (AvgIpc) is 2.70. The van der Waals surface area contributed by atoms with Crippen molar-refractivity contribution in [1.29, 1.82) is 0 Å². The minimum atomic E-state index is -0.775. The topological polar surface area (TPSA) is 36.6 Å². The summed E-state index contributed by atoms with van der Waals surface area (Å²) in [4.78, 5) is 1.92. The van der Waals surface area contributed by atoms with Gasteiger partial charge in [-0.1, -0.05) is 0 Å². The van der Waals surface area contributed by atoms with E-state index in [-0.39, 0.29) is 5.82 Å². The van der Waals surface area contributed by atoms with Crippen LogP contribution in [0.25, 0.3) is 11.0 Å². The van der Waals surface area contributed by atoms with Gasteiger partial charge in [-0.05, 0) is 52.2 Å². The number of benzene rings is 1. The van der Waals surface area contributed by atoms with Crippen LogP contribution in [0.3, 0.4) is 0 Å². The molecule has 0 bridgehead atoms. The molecule has 0 aliphatic rings. The number of aliphatic hydroxyl groups is 1. The van der Waals surface area contributed by atoms with Gasteiger partial charge in [0.05, 0.1) is 0 Å². The molecule has 4 heteroatoms. The fraction of sp³-hybridized carbons (Fsp3) is 0.429. The third-order valence-electron chi connectivity index (χ3n) is 3.59. The van der Waals surface area contributed by atoms with E-state index < -0.39 is 11.6 Å². The molecular weight excluding hydrogens is 233 g/mol. The second-order valence-corrected chi connectivity index (χ2v) is 5.28. The molecule has 3 nitrogen and oxygen atoms in total. The van der Waals surface area contributed by atoms with Gasteiger partial charge in [0.2, 0.25) is 0 Å². The van der Waals surface area contributed by atoms with Crippen LogP contribution in [0, 0.1) is 5.82 Å². The summed E-state index contributed by atoms with van der Waals surface area (Å²) >= 11 is 0. The summed E-state index contributed by atoms with van der Waals surface area (Å²) in [5.74, 6) is 0.144. The third kappa shape index (κ3) is 2.13. The van der Waals surface area contributed by atoms with Crippen molar-refractivity contribution in [2.75, 3.05) is 14.1 Å². The van der Waals surface area contributed by atoms with E-state index in [1.54, 1.807) is 12.1 Å². The summed E-state index contributed by atoms with van der Waals surface area (Å²) in [5.41, 5.74) is 0.117. The first-order chi connectivity index (χ1) is 8.32. The van der Waals surface area contributed by atoms with Gasteiger partial charge in [0.25, 0.3) is 0 Å². The van der Waals surface area contributed by atoms with E-state index in [0.717, 1.165) is 0 Å². The van der Waals surface area contributed by atoms with E-state index in [2.05, 4.69) is 0 Å². The largest absolute Gasteiger partial charge is 0.458 e. The number of halogens is 1. The van der Waals surface area contributed by atoms with Crippen LogP contribution in [0.5, 0.6) is 0 Å². The van der Waals surface area contributed by atoms with Crippen LogP contribution < -0.4 is 0 Å². The highest BCUT2D eigenvalue weighted by atomic mass is 19.1. The summed E-state index contributed by atoms with van der Waals surface area (Å²) in [7, 11) is 3.79. The van der Waals surface area contributed by atoms with Crippen molar-refractivity contribution >= 4 is 11.0 Å². The first-order valence-corrected chi connectivity index (χ1v) is 5.87. The molecule has 1 unspecified atom stereocenters. The van der Waals surface area contributed by atoms with Crippen molar-refractivity contribution in [3.8, 4) is 0 Å². The van der Waals surface area contributed by atoms with Crippen LogP contribution in [-0.2, 0) is 0 Å². The van der Waals surface area contributed by atoms with E-state index in [9.17, 15) is 9.50 Å². The molecule has 0 saturated heterocycles. The van der Waals surface area contributed by atoms with Gasteiger partial charge in [0, 0.05) is 10.9 Å². The number of fused-ring (bicyclic) bond motifs is 1. The summed E-state index contributed by atoms with van der Waals surface area (Å²) < 4.78 is 18.7. The van der Waals surface area contributed by atoms with E-state index in [0.29, 0.717) is 16.7 Å². The maximum absolute atomic E-state index is 13.1. The maximum Gasteiger partial charge on any atom is 0.135 e. The van der Waals surface area contributed by atoms with E-state index in [4.69, 9.17) is 4.42 Å². The first kappa shape index (κ1) is 13.1. The van der Waals surface area contributed by atoms with Gasteiger partial charge in [-0.2, -0.15) is 0 Å². The molecule has 0 aliphatic carbocycles. The first-order valence-electron chi connectivity index (χ1n) is 5.87. The molecule has 1 atom stereocenters. The standard InChI is InChI=1S/C14H18FNO2/c1-14(2,16(3)4)13(17)12-8-9-7-10(15)5-6-11(9)18-12/h5-8,13,17H,1-4H3. The number of hydrogen-bond acceptors (Lipinski definition) is 3. The molecule has 0 spiro atoms. The molecule has 1 aromatic heterocycles. The van der Waals surface area contributed by atoms with Gasteiger partial charge in [-0.15, -0.1) is 0 Å². The van der Waals surface area contributed by atoms with Gasteiger partial charge < -0.3 is 14.4 Å². The lowest BCUT2D eigenvalue weighted by Gasteiger charge is -2.35. The highest BCUT2D eigenvalue weighted by molar-refractivity contribution is 5.78. The Kier molecular flexibility index (Phi) is 3.17. The minimum absolute atomic E-state index is 0.309. The van der Waals surface area contributed by atoms with E-state index >= 15 is 0 Å². The van der Waals surface area contributed by atoms with Crippen LogP contribution in [0.2, 0.25) is 0 Å². The van der Waals surface area contributed by atoms with Gasteiger partial charge in [0.1, 0.15) is 23.3 Å². The second-order valence-electron chi connectivity index (χ2n) is 5.28. The minimum Gasteiger partial charge on any atom is -0.458 e. The Morgan fingerprint density at radius 2 is 1.94 bits per heavy atom. The van der Waals surface area contributed by atoms with Gasteiger partial charge in [-0.3, -0.25) is 0 Å². The number of rotatable bonds is 3. The van der Waals surface area contributed by atoms with Gasteiger partial charge in [0.15, 0.2) is 0 Å². The molecule has 1 heterocycles. The predicted octanol–water partition coefficient (Wildman–Crippen LogP) is 2.95. The summed E-state index contributed by atoms with van der Waals surface area (Å²) in [6.07, 6.45) is -0.775. The lowest BCUT2D eigenvalue weighted by atomic mass is 9.94. The molecule has 0 fully saturated rings. The molecule has 0 saturated carbocycles. The number of nitrogens with zero attached hydrogens (tertiary/aromatic N) is 1. The third-order valence-corrected chi connectivity index (χ3v) is 3.59. The van der Waals surface area contributed by atoms with E-state index in [1.807, 2.05) is 32.8 Å². The van der Waals surface area contributed by atoms with Crippen molar-refractivity contribution in [3.05, 3.63) is 35.8 Å². The molecule has 0 radical (unpaired) electrons. The monoisotopic (exact) mass is 251 g/mol. The molecule has 0 aliphatic heterocycles. The molecule has 2 rings (SSSR count). The Labute approximate surface area is 106 Å². The molecule has 1 aromatic carbocycles. The lowest BCUT2D eigenvalue weighted by Crippen LogP contribution is -2.43. The fourth-order valence-corrected chi connectivity index (χ4v) is 1.76. The number of furan rings is 1. The fourth-order valence-electron chi connectivity index (χ4n) is 1.76. The lowest BCUT2D eigenvalue weighted by molar-refractivity contribution is 0.00362. The quantitative estimate of drug-likeness (QED) is 0.911. The second kappa shape index (κ2) is 4.37. The Balaban J connectivity index is 2.42. The number of likely N-dealkylation sites (N-methyl/N-ethyl adjacent to an activating group) is 1. The SMILES string of the molecule is CN(C)C(C)(C)C(O)c1cc2cc(F)ccc2o1. The highest BCUT2D eigenvalue weighted by Gasteiger charge is 2.33. The summed E-state index contributed by atoms with van der Waals surface area (Å²) in [5, 5.41) is 11.0. The average molecular weight is 251 g/mol. The Morgan fingerprint density at radius 1 is 1.28 bits per heavy atom. The molecule has 18 heavy (non-hydrogen) atoms. The van der Waals surface area contributed by atoms with Crippen LogP contribution in [0.4, 0.5) is 4.39 Å². The number of hydrogen-bond donors (Lipinski definition) is 1. The number of aliphatic hydroxyl groups excluding tert-OH is 1. The molecule has 98 valence electrons. The zero-order valence-corrected chi connectivity index (χ0v) is 11.1. The van der Waals surface area contributed by atoms with Crippen molar-refractivity contribution in [2.24, 2.45) is 0 Å². The Hall–Kier alpha value is -1.39. The normalized spacial score (nSPS) is 14.4. The van der Waals surface area contributed by atoms with Crippen LogP contribution >= 0.6 is 0 Å². The van der Waals surface area contributed by atoms with Gasteiger partial charge in [-0.25, -0.2) is 4.39 Å². The van der Waals surface area contributed by atoms with Crippen molar-refractivity contribution in [2.45, 2.75) is 25.5 Å². The van der Waals surface area contributed by atoms with Crippen LogP contribution in [0.15, 0.2) is 28.7 Å². The zero-order valence-electron chi connectivity index (χ0n) is 11.1. The molecule has 1 N–H and O–H groups in total. The van der Waals surface area contributed by atoms with Crippen molar-refractivity contribution in [1.82, 2.24) is 4.90 Å². The molecule has 2 aromatic rings. The van der Waals surface area contributed by atoms with Crippen molar-refractivity contribution < 1.29 is 13.9 Å². The zero-order chi connectivity index (χ0) is 13.5. The summed E-state index contributed by atoms with van der Waals surface area (Å²) in [6, 6.07) is 6.01. The molecular formula is C14H18FNO2.